The van der Waals surface area contributed by atoms with Gasteiger partial charge in [-0.05, 0) is 32.8 Å². The van der Waals surface area contributed by atoms with E-state index >= 15 is 0 Å². The summed E-state index contributed by atoms with van der Waals surface area (Å²) < 4.78 is 30.8. The number of carbonyl (C=O) groups excluding carboxylic acids is 1. The largest absolute Gasteiger partial charge is 0.496 e. The summed E-state index contributed by atoms with van der Waals surface area (Å²) in [6.07, 6.45) is 1.14. The molecule has 0 saturated carbocycles. The molecule has 1 aromatic rings. The number of benzene rings is 1. The molecule has 0 aliphatic carbocycles. The van der Waals surface area contributed by atoms with Gasteiger partial charge in [0.2, 0.25) is 15.9 Å². The van der Waals surface area contributed by atoms with Crippen LogP contribution in [0.3, 0.4) is 0 Å². The molecule has 1 aromatic carbocycles. The Bertz CT molecular complexity index is 697. The fraction of sp³-hybridized carbons (Fsp3) is 0.611. The Morgan fingerprint density at radius 3 is 2.48 bits per heavy atom. The molecule has 1 amide bonds. The molecule has 0 unspecified atom stereocenters. The van der Waals surface area contributed by atoms with E-state index < -0.39 is 10.0 Å². The Kier molecular flexibility index (Phi) is 6.46. The van der Waals surface area contributed by atoms with Crippen LogP contribution in [0.4, 0.5) is 0 Å². The van der Waals surface area contributed by atoms with Crippen LogP contribution in [0.25, 0.3) is 0 Å². The van der Waals surface area contributed by atoms with E-state index in [0.717, 1.165) is 11.3 Å². The smallest absolute Gasteiger partial charge is 0.226 e. The third-order valence-electron chi connectivity index (χ3n) is 5.08. The molecule has 1 aliphatic rings. The van der Waals surface area contributed by atoms with Gasteiger partial charge in [-0.25, -0.2) is 12.7 Å². The fourth-order valence-electron chi connectivity index (χ4n) is 3.26. The maximum absolute atomic E-state index is 12.9. The van der Waals surface area contributed by atoms with Crippen molar-refractivity contribution in [2.75, 3.05) is 33.0 Å². The third kappa shape index (κ3) is 4.33. The topological polar surface area (TPSA) is 66.9 Å². The number of carbonyl (C=O) groups is 1. The van der Waals surface area contributed by atoms with Crippen molar-refractivity contribution in [3.63, 3.8) is 0 Å². The van der Waals surface area contributed by atoms with Gasteiger partial charge in [-0.15, -0.1) is 0 Å². The van der Waals surface area contributed by atoms with E-state index in [1.54, 1.807) is 26.0 Å². The molecule has 0 radical (unpaired) electrons. The van der Waals surface area contributed by atoms with Gasteiger partial charge in [-0.3, -0.25) is 4.79 Å². The molecule has 1 fully saturated rings. The zero-order valence-electron chi connectivity index (χ0n) is 15.4. The minimum atomic E-state index is -3.17. The molecule has 6 nitrogen and oxygen atoms in total. The average Bonchev–Trinajstić information content (AvgIpc) is 2.66. The number of methoxy groups -OCH3 is 1. The first-order valence-corrected chi connectivity index (χ1v) is 10.3. The monoisotopic (exact) mass is 368 g/mol. The molecular formula is C18H28N2O4S. The Hall–Kier alpha value is -1.60. The van der Waals surface area contributed by atoms with Crippen molar-refractivity contribution in [1.29, 1.82) is 0 Å². The highest BCUT2D eigenvalue weighted by molar-refractivity contribution is 7.89. The van der Waals surface area contributed by atoms with Crippen LogP contribution >= 0.6 is 0 Å². The fourth-order valence-corrected chi connectivity index (χ4v) is 4.39. The number of rotatable bonds is 6. The first kappa shape index (κ1) is 19.7. The van der Waals surface area contributed by atoms with E-state index in [-0.39, 0.29) is 23.6 Å². The van der Waals surface area contributed by atoms with Crippen molar-refractivity contribution in [3.8, 4) is 5.75 Å². The standard InChI is InChI=1S/C18H28N2O4S/c1-5-25(22,23)20-12-10-15(11-13-20)18(21)19(3)14(2)16-8-6-7-9-17(16)24-4/h6-9,14-15H,5,10-13H2,1-4H3/t14-/m0/s1. The van der Waals surface area contributed by atoms with Gasteiger partial charge in [0.1, 0.15) is 5.75 Å². The predicted octanol–water partition coefficient (Wildman–Crippen LogP) is 2.28. The summed E-state index contributed by atoms with van der Waals surface area (Å²) in [6, 6.07) is 7.57. The van der Waals surface area contributed by atoms with Gasteiger partial charge in [-0.1, -0.05) is 18.2 Å². The predicted molar refractivity (Wildman–Crippen MR) is 97.9 cm³/mol. The molecule has 140 valence electrons. The van der Waals surface area contributed by atoms with Crippen LogP contribution in [0.5, 0.6) is 5.75 Å². The maximum Gasteiger partial charge on any atom is 0.226 e. The molecule has 0 aromatic heterocycles. The van der Waals surface area contributed by atoms with Crippen LogP contribution in [-0.2, 0) is 14.8 Å². The van der Waals surface area contributed by atoms with E-state index in [2.05, 4.69) is 0 Å². The van der Waals surface area contributed by atoms with Crippen molar-refractivity contribution in [2.45, 2.75) is 32.7 Å². The molecule has 1 heterocycles. The van der Waals surface area contributed by atoms with Crippen LogP contribution in [0.15, 0.2) is 24.3 Å². The summed E-state index contributed by atoms with van der Waals surface area (Å²) in [5.41, 5.74) is 0.965. The van der Waals surface area contributed by atoms with Crippen LogP contribution in [0, 0.1) is 5.92 Å². The van der Waals surface area contributed by atoms with Crippen molar-refractivity contribution >= 4 is 15.9 Å². The van der Waals surface area contributed by atoms with Crippen molar-refractivity contribution in [2.24, 2.45) is 5.92 Å². The number of sulfonamides is 1. The summed E-state index contributed by atoms with van der Waals surface area (Å²) >= 11 is 0. The Labute approximate surface area is 150 Å². The van der Waals surface area contributed by atoms with Gasteiger partial charge in [-0.2, -0.15) is 0 Å². The van der Waals surface area contributed by atoms with E-state index in [4.69, 9.17) is 4.74 Å². The Balaban J connectivity index is 2.03. The highest BCUT2D eigenvalue weighted by Crippen LogP contribution is 2.30. The first-order valence-electron chi connectivity index (χ1n) is 8.69. The second kappa shape index (κ2) is 8.19. The van der Waals surface area contributed by atoms with E-state index in [0.29, 0.717) is 25.9 Å². The number of piperidine rings is 1. The van der Waals surface area contributed by atoms with Gasteiger partial charge in [0.05, 0.1) is 18.9 Å². The van der Waals surface area contributed by atoms with E-state index in [9.17, 15) is 13.2 Å². The first-order chi connectivity index (χ1) is 11.8. The highest BCUT2D eigenvalue weighted by Gasteiger charge is 2.33. The summed E-state index contributed by atoms with van der Waals surface area (Å²) in [5, 5.41) is 0. The normalized spacial score (nSPS) is 17.9. The highest BCUT2D eigenvalue weighted by atomic mass is 32.2. The summed E-state index contributed by atoms with van der Waals surface area (Å²) in [7, 11) is 0.255. The minimum absolute atomic E-state index is 0.0620. The zero-order valence-corrected chi connectivity index (χ0v) is 16.3. The van der Waals surface area contributed by atoms with Crippen molar-refractivity contribution in [1.82, 2.24) is 9.21 Å². The number of hydrogen-bond acceptors (Lipinski definition) is 4. The molecule has 1 saturated heterocycles. The van der Waals surface area contributed by atoms with E-state index in [1.807, 2.05) is 31.2 Å². The Morgan fingerprint density at radius 2 is 1.92 bits per heavy atom. The summed E-state index contributed by atoms with van der Waals surface area (Å²) in [5.74, 6) is 0.798. The van der Waals surface area contributed by atoms with Crippen LogP contribution < -0.4 is 4.74 Å². The summed E-state index contributed by atoms with van der Waals surface area (Å²) in [4.78, 5) is 14.6. The molecule has 1 aliphatic heterocycles. The average molecular weight is 368 g/mol. The van der Waals surface area contributed by atoms with Gasteiger partial charge >= 0.3 is 0 Å². The van der Waals surface area contributed by atoms with Gasteiger partial charge in [0, 0.05) is 31.6 Å². The number of nitrogens with zero attached hydrogens (tertiary/aromatic N) is 2. The number of hydrogen-bond donors (Lipinski definition) is 0. The molecule has 2 rings (SSSR count). The molecule has 0 spiro atoms. The van der Waals surface area contributed by atoms with Crippen molar-refractivity contribution < 1.29 is 17.9 Å². The number of amides is 1. The lowest BCUT2D eigenvalue weighted by atomic mass is 9.95. The molecule has 0 bridgehead atoms. The lowest BCUT2D eigenvalue weighted by Crippen LogP contribution is -2.44. The molecule has 7 heteroatoms. The van der Waals surface area contributed by atoms with Crippen LogP contribution in [0.2, 0.25) is 0 Å². The van der Waals surface area contributed by atoms with Crippen LogP contribution in [0.1, 0.15) is 38.3 Å². The quantitative estimate of drug-likeness (QED) is 0.773. The van der Waals surface area contributed by atoms with Gasteiger partial charge < -0.3 is 9.64 Å². The van der Waals surface area contributed by atoms with Gasteiger partial charge in [0.15, 0.2) is 0 Å². The molecule has 0 N–H and O–H groups in total. The van der Waals surface area contributed by atoms with Crippen molar-refractivity contribution in [3.05, 3.63) is 29.8 Å². The lowest BCUT2D eigenvalue weighted by Gasteiger charge is -2.34. The lowest BCUT2D eigenvalue weighted by molar-refractivity contribution is -0.137. The SMILES string of the molecule is CCS(=O)(=O)N1CCC(C(=O)N(C)[C@@H](C)c2ccccc2OC)CC1. The third-order valence-corrected chi connectivity index (χ3v) is 6.96. The van der Waals surface area contributed by atoms with Crippen LogP contribution in [-0.4, -0.2) is 56.5 Å². The number of para-hydroxylation sites is 1. The second-order valence-corrected chi connectivity index (χ2v) is 8.70. The van der Waals surface area contributed by atoms with Gasteiger partial charge in [0.25, 0.3) is 0 Å². The second-order valence-electron chi connectivity index (χ2n) is 6.44. The van der Waals surface area contributed by atoms with E-state index in [1.165, 1.54) is 4.31 Å². The molecular weight excluding hydrogens is 340 g/mol. The Morgan fingerprint density at radius 1 is 1.32 bits per heavy atom. The number of ether oxygens (including phenoxy) is 1. The summed E-state index contributed by atoms with van der Waals surface area (Å²) in [6.45, 7) is 4.47. The molecule has 25 heavy (non-hydrogen) atoms. The zero-order chi connectivity index (χ0) is 18.6. The molecule has 1 atom stereocenters. The maximum atomic E-state index is 12.9. The minimum Gasteiger partial charge on any atom is -0.496 e.